The van der Waals surface area contributed by atoms with Gasteiger partial charge in [-0.2, -0.15) is 0 Å². The van der Waals surface area contributed by atoms with Gasteiger partial charge in [-0.3, -0.25) is 4.79 Å². The van der Waals surface area contributed by atoms with Gasteiger partial charge in [-0.1, -0.05) is 0 Å². The predicted molar refractivity (Wildman–Crippen MR) is 86.9 cm³/mol. The molecular weight excluding hydrogens is 300 g/mol. The molecule has 1 aliphatic rings. The SMILES string of the molecule is Cc1csc(CC2CCN(C(=O)N[C@@H](C)C(=O)N(C)C)C2)n1. The minimum Gasteiger partial charge on any atom is -0.347 e. The van der Waals surface area contributed by atoms with Crippen LogP contribution in [0.5, 0.6) is 0 Å². The highest BCUT2D eigenvalue weighted by atomic mass is 32.1. The Bertz CT molecular complexity index is 543. The van der Waals surface area contributed by atoms with Crippen LogP contribution in [0, 0.1) is 12.8 Å². The lowest BCUT2D eigenvalue weighted by Crippen LogP contribution is -2.49. The fraction of sp³-hybridized carbons (Fsp3) is 0.667. The Labute approximate surface area is 135 Å². The summed E-state index contributed by atoms with van der Waals surface area (Å²) < 4.78 is 0. The summed E-state index contributed by atoms with van der Waals surface area (Å²) in [5.41, 5.74) is 1.06. The third-order valence-corrected chi connectivity index (χ3v) is 4.84. The van der Waals surface area contributed by atoms with Crippen molar-refractivity contribution >= 4 is 23.3 Å². The van der Waals surface area contributed by atoms with E-state index < -0.39 is 6.04 Å². The average molecular weight is 324 g/mol. The van der Waals surface area contributed by atoms with E-state index in [4.69, 9.17) is 0 Å². The molecule has 0 aliphatic carbocycles. The van der Waals surface area contributed by atoms with Gasteiger partial charge in [0.1, 0.15) is 6.04 Å². The van der Waals surface area contributed by atoms with Gasteiger partial charge in [0.25, 0.3) is 0 Å². The van der Waals surface area contributed by atoms with Crippen LogP contribution in [-0.2, 0) is 11.2 Å². The molecule has 2 heterocycles. The molecular formula is C15H24N4O2S. The zero-order valence-electron chi connectivity index (χ0n) is 13.6. The van der Waals surface area contributed by atoms with E-state index in [0.29, 0.717) is 5.92 Å². The molecule has 22 heavy (non-hydrogen) atoms. The number of nitrogens with one attached hydrogen (secondary N) is 1. The first-order chi connectivity index (χ1) is 10.4. The van der Waals surface area contributed by atoms with Gasteiger partial charge < -0.3 is 15.1 Å². The second-order valence-electron chi connectivity index (χ2n) is 6.09. The van der Waals surface area contributed by atoms with Crippen molar-refractivity contribution in [3.8, 4) is 0 Å². The van der Waals surface area contributed by atoms with Crippen molar-refractivity contribution in [3.05, 3.63) is 16.1 Å². The largest absolute Gasteiger partial charge is 0.347 e. The molecule has 0 spiro atoms. The number of thiazole rings is 1. The number of amides is 3. The molecule has 0 radical (unpaired) electrons. The number of carbonyl (C=O) groups excluding carboxylic acids is 2. The topological polar surface area (TPSA) is 65.5 Å². The van der Waals surface area contributed by atoms with Gasteiger partial charge in [0.2, 0.25) is 5.91 Å². The smallest absolute Gasteiger partial charge is 0.318 e. The van der Waals surface area contributed by atoms with Crippen molar-refractivity contribution < 1.29 is 9.59 Å². The van der Waals surface area contributed by atoms with Gasteiger partial charge in [0, 0.05) is 44.7 Å². The van der Waals surface area contributed by atoms with Gasteiger partial charge >= 0.3 is 6.03 Å². The molecule has 1 unspecified atom stereocenters. The van der Waals surface area contributed by atoms with Gasteiger partial charge in [-0.15, -0.1) is 11.3 Å². The highest BCUT2D eigenvalue weighted by Crippen LogP contribution is 2.22. The molecule has 0 aromatic carbocycles. The molecule has 0 saturated carbocycles. The molecule has 1 aliphatic heterocycles. The number of likely N-dealkylation sites (N-methyl/N-ethyl adjacent to an activating group) is 1. The Hall–Kier alpha value is -1.63. The molecule has 2 rings (SSSR count). The zero-order valence-corrected chi connectivity index (χ0v) is 14.4. The summed E-state index contributed by atoms with van der Waals surface area (Å²) in [4.78, 5) is 31.8. The number of carbonyl (C=O) groups is 2. The van der Waals surface area contributed by atoms with Gasteiger partial charge in [-0.05, 0) is 26.2 Å². The number of urea groups is 1. The van der Waals surface area contributed by atoms with E-state index >= 15 is 0 Å². The van der Waals surface area contributed by atoms with Crippen LogP contribution in [0.1, 0.15) is 24.0 Å². The number of aryl methyl sites for hydroxylation is 1. The van der Waals surface area contributed by atoms with Crippen LogP contribution in [-0.4, -0.2) is 59.9 Å². The summed E-state index contributed by atoms with van der Waals surface area (Å²) in [7, 11) is 3.37. The second kappa shape index (κ2) is 7.09. The third kappa shape index (κ3) is 4.19. The normalized spacial score (nSPS) is 19.1. The van der Waals surface area contributed by atoms with Crippen LogP contribution in [0.3, 0.4) is 0 Å². The molecule has 0 bridgehead atoms. The van der Waals surface area contributed by atoms with E-state index in [2.05, 4.69) is 15.7 Å². The first-order valence-electron chi connectivity index (χ1n) is 7.54. The van der Waals surface area contributed by atoms with Crippen molar-refractivity contribution in [2.45, 2.75) is 32.7 Å². The molecule has 1 aromatic heterocycles. The standard InChI is InChI=1S/C15H24N4O2S/c1-10-9-22-13(16-10)7-12-5-6-19(8-12)15(21)17-11(2)14(20)18(3)4/h9,11-12H,5-8H2,1-4H3,(H,17,21)/t11-,12?/m0/s1. The third-order valence-electron chi connectivity index (χ3n) is 3.85. The van der Waals surface area contributed by atoms with Gasteiger partial charge in [0.15, 0.2) is 0 Å². The van der Waals surface area contributed by atoms with Crippen LogP contribution in [0.25, 0.3) is 0 Å². The quantitative estimate of drug-likeness (QED) is 0.913. The van der Waals surface area contributed by atoms with E-state index in [1.54, 1.807) is 37.3 Å². The number of hydrogen-bond donors (Lipinski definition) is 1. The first kappa shape index (κ1) is 16.7. The molecule has 3 amide bonds. The lowest BCUT2D eigenvalue weighted by molar-refractivity contribution is -0.130. The van der Waals surface area contributed by atoms with Crippen LogP contribution in [0.4, 0.5) is 4.79 Å². The Morgan fingerprint density at radius 3 is 2.86 bits per heavy atom. The lowest BCUT2D eigenvalue weighted by Gasteiger charge is -2.22. The van der Waals surface area contributed by atoms with Crippen molar-refractivity contribution in [2.75, 3.05) is 27.2 Å². The maximum Gasteiger partial charge on any atom is 0.318 e. The van der Waals surface area contributed by atoms with Crippen molar-refractivity contribution in [1.82, 2.24) is 20.1 Å². The summed E-state index contributed by atoms with van der Waals surface area (Å²) in [6, 6.07) is -0.649. The minimum absolute atomic E-state index is 0.0950. The predicted octanol–water partition coefficient (Wildman–Crippen LogP) is 1.50. The molecule has 1 aromatic rings. The molecule has 122 valence electrons. The number of nitrogens with zero attached hydrogens (tertiary/aromatic N) is 3. The maximum atomic E-state index is 12.2. The Kier molecular flexibility index (Phi) is 5.39. The first-order valence-corrected chi connectivity index (χ1v) is 8.42. The summed E-state index contributed by atoms with van der Waals surface area (Å²) in [5.74, 6) is 0.360. The van der Waals surface area contributed by atoms with E-state index in [0.717, 1.165) is 36.6 Å². The Morgan fingerprint density at radius 1 is 1.55 bits per heavy atom. The molecule has 1 N–H and O–H groups in total. The molecule has 2 atom stereocenters. The summed E-state index contributed by atoms with van der Waals surface area (Å²) in [6.45, 7) is 5.18. The number of rotatable bonds is 4. The fourth-order valence-electron chi connectivity index (χ4n) is 2.65. The van der Waals surface area contributed by atoms with Crippen LogP contribution >= 0.6 is 11.3 Å². The minimum atomic E-state index is -0.497. The van der Waals surface area contributed by atoms with Crippen LogP contribution in [0.15, 0.2) is 5.38 Å². The maximum absolute atomic E-state index is 12.2. The number of hydrogen-bond acceptors (Lipinski definition) is 4. The molecule has 7 heteroatoms. The van der Waals surface area contributed by atoms with Crippen molar-refractivity contribution in [3.63, 3.8) is 0 Å². The van der Waals surface area contributed by atoms with Crippen molar-refractivity contribution in [1.29, 1.82) is 0 Å². The van der Waals surface area contributed by atoms with Crippen LogP contribution < -0.4 is 5.32 Å². The Morgan fingerprint density at radius 2 is 2.27 bits per heavy atom. The second-order valence-corrected chi connectivity index (χ2v) is 7.03. The van der Waals surface area contributed by atoms with Gasteiger partial charge in [-0.25, -0.2) is 9.78 Å². The summed E-state index contributed by atoms with van der Waals surface area (Å²) in [5, 5.41) is 5.97. The summed E-state index contributed by atoms with van der Waals surface area (Å²) in [6.07, 6.45) is 1.91. The number of likely N-dealkylation sites (tertiary alicyclic amines) is 1. The zero-order chi connectivity index (χ0) is 16.3. The highest BCUT2D eigenvalue weighted by Gasteiger charge is 2.28. The highest BCUT2D eigenvalue weighted by molar-refractivity contribution is 7.09. The average Bonchev–Trinajstić information content (AvgIpc) is 3.07. The van der Waals surface area contributed by atoms with E-state index in [1.807, 2.05) is 6.92 Å². The number of aromatic nitrogens is 1. The van der Waals surface area contributed by atoms with E-state index in [1.165, 1.54) is 4.90 Å². The molecule has 1 saturated heterocycles. The summed E-state index contributed by atoms with van der Waals surface area (Å²) >= 11 is 1.68. The van der Waals surface area contributed by atoms with Gasteiger partial charge in [0.05, 0.1) is 5.01 Å². The van der Waals surface area contributed by atoms with Crippen molar-refractivity contribution in [2.24, 2.45) is 5.92 Å². The van der Waals surface area contributed by atoms with E-state index in [9.17, 15) is 9.59 Å². The molecule has 6 nitrogen and oxygen atoms in total. The lowest BCUT2D eigenvalue weighted by atomic mass is 10.1. The van der Waals surface area contributed by atoms with Crippen LogP contribution in [0.2, 0.25) is 0 Å². The fourth-order valence-corrected chi connectivity index (χ4v) is 3.54. The Balaban J connectivity index is 1.82. The van der Waals surface area contributed by atoms with E-state index in [-0.39, 0.29) is 11.9 Å². The molecule has 1 fully saturated rings. The monoisotopic (exact) mass is 324 g/mol.